The number of carbonyl (C=O) groups is 2. The summed E-state index contributed by atoms with van der Waals surface area (Å²) in [6.45, 7) is 4.33. The number of carbonyl (C=O) groups excluding carboxylic acids is 1. The first-order valence-electron chi connectivity index (χ1n) is 6.77. The number of hydrogen-bond donors (Lipinski definition) is 2. The predicted molar refractivity (Wildman–Crippen MR) is 74.0 cm³/mol. The number of rotatable bonds is 9. The summed E-state index contributed by atoms with van der Waals surface area (Å²) in [7, 11) is -5.14. The van der Waals surface area contributed by atoms with E-state index in [4.69, 9.17) is 5.11 Å². The van der Waals surface area contributed by atoms with E-state index in [1.807, 2.05) is 0 Å². The fourth-order valence-electron chi connectivity index (χ4n) is 1.72. The molecule has 0 fully saturated rings. The molecule has 0 heterocycles. The number of carboxylic acid groups (broad SMARTS) is 1. The number of alkyl halides is 3. The van der Waals surface area contributed by atoms with Gasteiger partial charge in [-0.05, 0) is 19.3 Å². The summed E-state index contributed by atoms with van der Waals surface area (Å²) < 4.78 is 68.5. The molecule has 0 aromatic heterocycles. The highest BCUT2D eigenvalue weighted by Crippen LogP contribution is 2.29. The van der Waals surface area contributed by atoms with Crippen LogP contribution in [0.3, 0.4) is 0 Å². The highest BCUT2D eigenvalue weighted by Gasteiger charge is 2.51. The molecule has 0 rings (SSSR count). The number of ether oxygens (including phenoxy) is 1. The van der Waals surface area contributed by atoms with Gasteiger partial charge in [-0.25, -0.2) is 13.1 Å². The molecule has 0 aliphatic carbocycles. The minimum absolute atomic E-state index is 0.196. The van der Waals surface area contributed by atoms with Crippen molar-refractivity contribution in [3.63, 3.8) is 0 Å². The number of esters is 1. The molecule has 0 bridgehead atoms. The van der Waals surface area contributed by atoms with Crippen molar-refractivity contribution in [3.8, 4) is 0 Å². The Balaban J connectivity index is 5.41. The maximum Gasteiger partial charge on any atom is 0.407 e. The number of sulfonamides is 1. The maximum absolute atomic E-state index is 13.0. The van der Waals surface area contributed by atoms with Gasteiger partial charge in [-0.1, -0.05) is 13.8 Å². The largest absolute Gasteiger partial charge is 0.480 e. The molecule has 0 radical (unpaired) electrons. The van der Waals surface area contributed by atoms with E-state index in [0.29, 0.717) is 0 Å². The summed E-state index contributed by atoms with van der Waals surface area (Å²) in [5.74, 6) is -3.21. The number of aliphatic carboxylic acids is 1. The summed E-state index contributed by atoms with van der Waals surface area (Å²) in [4.78, 5) is 22.2. The van der Waals surface area contributed by atoms with Crippen LogP contribution in [-0.2, 0) is 24.3 Å². The smallest absolute Gasteiger partial charge is 0.407 e. The Morgan fingerprint density at radius 2 is 1.78 bits per heavy atom. The average molecular weight is 363 g/mol. The third-order valence-corrected chi connectivity index (χ3v) is 4.50. The lowest BCUT2D eigenvalue weighted by Gasteiger charge is -2.23. The first kappa shape index (κ1) is 21.6. The molecule has 0 aromatic rings. The second kappa shape index (κ2) is 8.48. The Labute approximate surface area is 132 Å². The van der Waals surface area contributed by atoms with Crippen molar-refractivity contribution in [2.24, 2.45) is 5.92 Å². The zero-order chi connectivity index (χ0) is 18.4. The molecule has 0 aromatic carbocycles. The molecule has 0 amide bonds. The monoisotopic (exact) mass is 363 g/mol. The molecule has 23 heavy (non-hydrogen) atoms. The van der Waals surface area contributed by atoms with Crippen LogP contribution in [0.4, 0.5) is 13.2 Å². The zero-order valence-electron chi connectivity index (χ0n) is 12.9. The Morgan fingerprint density at radius 1 is 1.26 bits per heavy atom. The van der Waals surface area contributed by atoms with Crippen molar-refractivity contribution in [1.82, 2.24) is 4.72 Å². The van der Waals surface area contributed by atoms with Gasteiger partial charge in [0.25, 0.3) is 0 Å². The minimum Gasteiger partial charge on any atom is -0.480 e. The molecule has 0 saturated heterocycles. The van der Waals surface area contributed by atoms with E-state index in [1.54, 1.807) is 13.8 Å². The Morgan fingerprint density at radius 3 is 2.13 bits per heavy atom. The lowest BCUT2D eigenvalue weighted by Crippen LogP contribution is -2.50. The molecule has 0 aliphatic rings. The van der Waals surface area contributed by atoms with Crippen molar-refractivity contribution >= 4 is 22.0 Å². The van der Waals surface area contributed by atoms with E-state index >= 15 is 0 Å². The molecule has 7 nitrogen and oxygen atoms in total. The normalized spacial score (nSPS) is 15.3. The van der Waals surface area contributed by atoms with Gasteiger partial charge in [0.05, 0.1) is 13.0 Å². The molecule has 2 unspecified atom stereocenters. The van der Waals surface area contributed by atoms with Crippen molar-refractivity contribution in [1.29, 1.82) is 0 Å². The SMILES string of the molecule is CCOC(=O)CC(C(F)(F)F)S(=O)(=O)NC(CC(C)C)C(=O)O. The van der Waals surface area contributed by atoms with Crippen molar-refractivity contribution in [2.75, 3.05) is 6.61 Å². The second-order valence-electron chi connectivity index (χ2n) is 5.22. The molecule has 0 aliphatic heterocycles. The first-order chi connectivity index (χ1) is 10.3. The van der Waals surface area contributed by atoms with E-state index in [2.05, 4.69) is 4.74 Å². The zero-order valence-corrected chi connectivity index (χ0v) is 13.7. The molecule has 11 heteroatoms. The van der Waals surface area contributed by atoms with Gasteiger partial charge in [-0.2, -0.15) is 13.2 Å². The lowest BCUT2D eigenvalue weighted by atomic mass is 10.1. The van der Waals surface area contributed by atoms with Crippen LogP contribution in [0.25, 0.3) is 0 Å². The van der Waals surface area contributed by atoms with Gasteiger partial charge < -0.3 is 9.84 Å². The molecule has 2 atom stereocenters. The lowest BCUT2D eigenvalue weighted by molar-refractivity contribution is -0.155. The van der Waals surface area contributed by atoms with Crippen molar-refractivity contribution < 1.29 is 41.0 Å². The standard InChI is InChI=1S/C12H20F3NO6S/c1-4-22-10(17)6-9(12(13,14)15)23(20,21)16-8(11(18)19)5-7(2)3/h7-9,16H,4-6H2,1-3H3,(H,18,19). The molecular weight excluding hydrogens is 343 g/mol. The highest BCUT2D eigenvalue weighted by atomic mass is 32.2. The van der Waals surface area contributed by atoms with Crippen LogP contribution >= 0.6 is 0 Å². The summed E-state index contributed by atoms with van der Waals surface area (Å²) in [5, 5.41) is 5.86. The van der Waals surface area contributed by atoms with E-state index in [0.717, 1.165) is 0 Å². The number of nitrogens with one attached hydrogen (secondary N) is 1. The van der Waals surface area contributed by atoms with E-state index in [9.17, 15) is 31.2 Å². The average Bonchev–Trinajstić information content (AvgIpc) is 2.33. The van der Waals surface area contributed by atoms with Crippen LogP contribution in [0.1, 0.15) is 33.6 Å². The second-order valence-corrected chi connectivity index (χ2v) is 7.12. The van der Waals surface area contributed by atoms with Gasteiger partial charge in [-0.15, -0.1) is 0 Å². The third kappa shape index (κ3) is 7.64. The van der Waals surface area contributed by atoms with Crippen LogP contribution in [0.15, 0.2) is 0 Å². The van der Waals surface area contributed by atoms with Gasteiger partial charge >= 0.3 is 18.1 Å². The molecule has 136 valence electrons. The van der Waals surface area contributed by atoms with Crippen LogP contribution in [0, 0.1) is 5.92 Å². The molecule has 0 saturated carbocycles. The van der Waals surface area contributed by atoms with Gasteiger partial charge in [-0.3, -0.25) is 9.59 Å². The van der Waals surface area contributed by atoms with Gasteiger partial charge in [0, 0.05) is 0 Å². The topological polar surface area (TPSA) is 110 Å². The maximum atomic E-state index is 13.0. The molecule has 0 spiro atoms. The Kier molecular flexibility index (Phi) is 7.98. The fourth-order valence-corrected chi connectivity index (χ4v) is 3.19. The van der Waals surface area contributed by atoms with Crippen LogP contribution in [0.5, 0.6) is 0 Å². The van der Waals surface area contributed by atoms with Gasteiger partial charge in [0.2, 0.25) is 10.0 Å². The molecule has 2 N–H and O–H groups in total. The summed E-state index contributed by atoms with van der Waals surface area (Å²) >= 11 is 0. The highest BCUT2D eigenvalue weighted by molar-refractivity contribution is 7.90. The fraction of sp³-hybridized carbons (Fsp3) is 0.833. The van der Waals surface area contributed by atoms with Crippen LogP contribution in [-0.4, -0.2) is 49.5 Å². The van der Waals surface area contributed by atoms with E-state index < -0.39 is 45.9 Å². The first-order valence-corrected chi connectivity index (χ1v) is 8.32. The van der Waals surface area contributed by atoms with Crippen LogP contribution < -0.4 is 4.72 Å². The molecular formula is C12H20F3NO6S. The summed E-state index contributed by atoms with van der Waals surface area (Å²) in [5.41, 5.74) is 0. The quantitative estimate of drug-likeness (QED) is 0.598. The van der Waals surface area contributed by atoms with E-state index in [1.165, 1.54) is 11.6 Å². The summed E-state index contributed by atoms with van der Waals surface area (Å²) in [6, 6.07) is -1.72. The number of carboxylic acids is 1. The Bertz CT molecular complexity index is 517. The Hall–Kier alpha value is -1.36. The number of hydrogen-bond acceptors (Lipinski definition) is 5. The van der Waals surface area contributed by atoms with Gasteiger partial charge in [0.15, 0.2) is 5.25 Å². The van der Waals surface area contributed by atoms with Gasteiger partial charge in [0.1, 0.15) is 6.04 Å². The minimum atomic E-state index is -5.25. The van der Waals surface area contributed by atoms with Crippen molar-refractivity contribution in [2.45, 2.75) is 51.1 Å². The predicted octanol–water partition coefficient (Wildman–Crippen LogP) is 1.29. The summed E-state index contributed by atoms with van der Waals surface area (Å²) in [6.07, 6.45) is -6.89. The van der Waals surface area contributed by atoms with Crippen LogP contribution in [0.2, 0.25) is 0 Å². The number of halogens is 3. The third-order valence-electron chi connectivity index (χ3n) is 2.71. The van der Waals surface area contributed by atoms with Crippen molar-refractivity contribution in [3.05, 3.63) is 0 Å². The van der Waals surface area contributed by atoms with E-state index in [-0.39, 0.29) is 18.9 Å².